The Kier molecular flexibility index (Phi) is 4.86. The Morgan fingerprint density at radius 3 is 2.43 bits per heavy atom. The predicted octanol–water partition coefficient (Wildman–Crippen LogP) is 4.21. The van der Waals surface area contributed by atoms with Gasteiger partial charge in [-0.2, -0.15) is 0 Å². The van der Waals surface area contributed by atoms with Gasteiger partial charge in [0.15, 0.2) is 5.78 Å². The Labute approximate surface area is 136 Å². The van der Waals surface area contributed by atoms with Crippen molar-refractivity contribution in [2.75, 3.05) is 0 Å². The first-order valence-corrected chi connectivity index (χ1v) is 8.08. The van der Waals surface area contributed by atoms with Crippen molar-refractivity contribution in [1.29, 1.82) is 0 Å². The van der Waals surface area contributed by atoms with Gasteiger partial charge >= 0.3 is 0 Å². The zero-order valence-corrected chi connectivity index (χ0v) is 13.0. The number of Topliss-reactive ketones (excluding diaryl/α,β-unsaturated/α-hetero) is 2. The number of ether oxygens (including phenoxy) is 1. The minimum atomic E-state index is -0.445. The van der Waals surface area contributed by atoms with Crippen LogP contribution in [0.25, 0.3) is 0 Å². The average Bonchev–Trinajstić information content (AvgIpc) is 2.61. The summed E-state index contributed by atoms with van der Waals surface area (Å²) in [6.07, 6.45) is 3.09. The highest BCUT2D eigenvalue weighted by Gasteiger charge is 2.29. The molecule has 1 aliphatic carbocycles. The van der Waals surface area contributed by atoms with Gasteiger partial charge in [-0.3, -0.25) is 9.59 Å². The molecule has 1 atom stereocenters. The molecule has 0 aromatic heterocycles. The molecule has 0 amide bonds. The highest BCUT2D eigenvalue weighted by molar-refractivity contribution is 6.10. The molecule has 0 radical (unpaired) electrons. The van der Waals surface area contributed by atoms with E-state index < -0.39 is 5.92 Å². The minimum Gasteiger partial charge on any atom is -0.489 e. The van der Waals surface area contributed by atoms with Gasteiger partial charge in [-0.15, -0.1) is 0 Å². The number of carbonyl (C=O) groups excluding carboxylic acids is 2. The third kappa shape index (κ3) is 3.86. The molecule has 3 nitrogen and oxygen atoms in total. The molecular formula is C20H20O3. The lowest BCUT2D eigenvalue weighted by molar-refractivity contribution is -0.122. The average molecular weight is 308 g/mol. The highest BCUT2D eigenvalue weighted by Crippen LogP contribution is 2.25. The predicted molar refractivity (Wildman–Crippen MR) is 88.5 cm³/mol. The van der Waals surface area contributed by atoms with Crippen molar-refractivity contribution in [3.8, 4) is 5.75 Å². The van der Waals surface area contributed by atoms with Crippen molar-refractivity contribution in [1.82, 2.24) is 0 Å². The Bertz CT molecular complexity index is 674. The van der Waals surface area contributed by atoms with Gasteiger partial charge in [0.2, 0.25) is 0 Å². The van der Waals surface area contributed by atoms with E-state index in [4.69, 9.17) is 4.74 Å². The molecule has 1 aliphatic rings. The number of carbonyl (C=O) groups is 2. The van der Waals surface area contributed by atoms with Crippen molar-refractivity contribution in [3.63, 3.8) is 0 Å². The third-order valence-electron chi connectivity index (χ3n) is 4.26. The largest absolute Gasteiger partial charge is 0.489 e. The van der Waals surface area contributed by atoms with E-state index in [0.717, 1.165) is 24.2 Å². The fourth-order valence-corrected chi connectivity index (χ4v) is 2.92. The zero-order chi connectivity index (χ0) is 16.1. The van der Waals surface area contributed by atoms with Crippen LogP contribution < -0.4 is 4.74 Å². The monoisotopic (exact) mass is 308 g/mol. The topological polar surface area (TPSA) is 43.4 Å². The molecule has 0 spiro atoms. The maximum absolute atomic E-state index is 12.4. The van der Waals surface area contributed by atoms with E-state index in [1.54, 1.807) is 24.3 Å². The van der Waals surface area contributed by atoms with Crippen LogP contribution in [0.15, 0.2) is 54.6 Å². The van der Waals surface area contributed by atoms with Crippen LogP contribution >= 0.6 is 0 Å². The molecular weight excluding hydrogens is 288 g/mol. The number of hydrogen-bond donors (Lipinski definition) is 0. The van der Waals surface area contributed by atoms with Gasteiger partial charge in [-0.05, 0) is 42.7 Å². The van der Waals surface area contributed by atoms with Crippen molar-refractivity contribution in [3.05, 3.63) is 65.7 Å². The molecule has 1 saturated carbocycles. The van der Waals surface area contributed by atoms with Crippen LogP contribution in [0.1, 0.15) is 41.6 Å². The van der Waals surface area contributed by atoms with E-state index in [9.17, 15) is 9.59 Å². The van der Waals surface area contributed by atoms with Gasteiger partial charge in [0.1, 0.15) is 18.1 Å². The fourth-order valence-electron chi connectivity index (χ4n) is 2.92. The summed E-state index contributed by atoms with van der Waals surface area (Å²) in [6, 6.07) is 17.0. The lowest BCUT2D eigenvalue weighted by atomic mass is 9.83. The van der Waals surface area contributed by atoms with Crippen LogP contribution in [-0.4, -0.2) is 11.6 Å². The number of hydrogen-bond acceptors (Lipinski definition) is 3. The standard InChI is InChI=1S/C20H20O3/c21-19-9-5-4-8-18(19)20(22)16-10-12-17(13-11-16)23-14-15-6-2-1-3-7-15/h1-3,6-7,10-13,18H,4-5,8-9,14H2/t18-/m1/s1. The molecule has 0 N–H and O–H groups in total. The van der Waals surface area contributed by atoms with Crippen LogP contribution in [-0.2, 0) is 11.4 Å². The molecule has 3 rings (SSSR count). The number of ketones is 2. The van der Waals surface area contributed by atoms with Crippen LogP contribution in [0.3, 0.4) is 0 Å². The maximum Gasteiger partial charge on any atom is 0.173 e. The lowest BCUT2D eigenvalue weighted by Crippen LogP contribution is -2.27. The van der Waals surface area contributed by atoms with Gasteiger partial charge in [-0.25, -0.2) is 0 Å². The van der Waals surface area contributed by atoms with E-state index in [2.05, 4.69) is 0 Å². The van der Waals surface area contributed by atoms with E-state index in [1.807, 2.05) is 30.3 Å². The Morgan fingerprint density at radius 2 is 1.74 bits per heavy atom. The molecule has 3 heteroatoms. The van der Waals surface area contributed by atoms with Crippen LogP contribution in [0.4, 0.5) is 0 Å². The van der Waals surface area contributed by atoms with E-state index >= 15 is 0 Å². The normalized spacial score (nSPS) is 17.7. The molecule has 0 heterocycles. The smallest absolute Gasteiger partial charge is 0.173 e. The second kappa shape index (κ2) is 7.23. The summed E-state index contributed by atoms with van der Waals surface area (Å²) in [6.45, 7) is 0.495. The summed E-state index contributed by atoms with van der Waals surface area (Å²) >= 11 is 0. The van der Waals surface area contributed by atoms with Crippen molar-refractivity contribution in [2.45, 2.75) is 32.3 Å². The van der Waals surface area contributed by atoms with E-state index in [0.29, 0.717) is 25.0 Å². The first kappa shape index (κ1) is 15.5. The summed E-state index contributed by atoms with van der Waals surface area (Å²) in [4.78, 5) is 24.3. The second-order valence-corrected chi connectivity index (χ2v) is 5.93. The van der Waals surface area contributed by atoms with Crippen molar-refractivity contribution in [2.24, 2.45) is 5.92 Å². The van der Waals surface area contributed by atoms with Crippen LogP contribution in [0.2, 0.25) is 0 Å². The van der Waals surface area contributed by atoms with Crippen LogP contribution in [0.5, 0.6) is 5.75 Å². The van der Waals surface area contributed by atoms with Crippen LogP contribution in [0, 0.1) is 5.92 Å². The minimum absolute atomic E-state index is 0.0516. The molecule has 2 aromatic carbocycles. The molecule has 0 saturated heterocycles. The summed E-state index contributed by atoms with van der Waals surface area (Å²) in [7, 11) is 0. The SMILES string of the molecule is O=C1CCCC[C@H]1C(=O)c1ccc(OCc2ccccc2)cc1. The number of benzene rings is 2. The van der Waals surface area contributed by atoms with E-state index in [-0.39, 0.29) is 11.6 Å². The summed E-state index contributed by atoms with van der Waals surface area (Å²) in [5, 5.41) is 0. The molecule has 23 heavy (non-hydrogen) atoms. The van der Waals surface area contributed by atoms with Gasteiger partial charge in [0, 0.05) is 12.0 Å². The molecule has 0 bridgehead atoms. The fraction of sp³-hybridized carbons (Fsp3) is 0.300. The second-order valence-electron chi connectivity index (χ2n) is 5.93. The maximum atomic E-state index is 12.4. The molecule has 1 fully saturated rings. The van der Waals surface area contributed by atoms with Gasteiger partial charge in [0.25, 0.3) is 0 Å². The first-order valence-electron chi connectivity index (χ1n) is 8.08. The summed E-state index contributed by atoms with van der Waals surface area (Å²) in [5.74, 6) is 0.315. The Morgan fingerprint density at radius 1 is 1.00 bits per heavy atom. The van der Waals surface area contributed by atoms with Gasteiger partial charge in [0.05, 0.1) is 5.92 Å². The number of rotatable bonds is 5. The first-order chi connectivity index (χ1) is 11.2. The quantitative estimate of drug-likeness (QED) is 0.614. The van der Waals surface area contributed by atoms with Crippen molar-refractivity contribution < 1.29 is 14.3 Å². The Hall–Kier alpha value is -2.42. The molecule has 0 unspecified atom stereocenters. The van der Waals surface area contributed by atoms with E-state index in [1.165, 1.54) is 0 Å². The highest BCUT2D eigenvalue weighted by atomic mass is 16.5. The summed E-state index contributed by atoms with van der Waals surface area (Å²) in [5.41, 5.74) is 1.69. The van der Waals surface area contributed by atoms with Crippen molar-refractivity contribution >= 4 is 11.6 Å². The molecule has 0 aliphatic heterocycles. The molecule has 2 aromatic rings. The zero-order valence-electron chi connectivity index (χ0n) is 13.0. The Balaban J connectivity index is 1.62. The molecule has 118 valence electrons. The summed E-state index contributed by atoms with van der Waals surface area (Å²) < 4.78 is 5.72. The van der Waals surface area contributed by atoms with Gasteiger partial charge in [-0.1, -0.05) is 36.8 Å². The van der Waals surface area contributed by atoms with Gasteiger partial charge < -0.3 is 4.74 Å². The lowest BCUT2D eigenvalue weighted by Gasteiger charge is -2.19. The third-order valence-corrected chi connectivity index (χ3v) is 4.26.